The lowest BCUT2D eigenvalue weighted by molar-refractivity contribution is 0.908. The van der Waals surface area contributed by atoms with Crippen molar-refractivity contribution in [3.63, 3.8) is 0 Å². The van der Waals surface area contributed by atoms with E-state index in [2.05, 4.69) is 73.5 Å². The molecule has 18 heavy (non-hydrogen) atoms. The lowest BCUT2D eigenvalue weighted by Gasteiger charge is -2.19. The average molecular weight is 239 g/mol. The molecule has 2 aromatic carbocycles. The SMILES string of the molecule is CCCc1ccc(N(C)Cc2ccccc2)cc1. The van der Waals surface area contributed by atoms with E-state index in [9.17, 15) is 0 Å². The van der Waals surface area contributed by atoms with Crippen molar-refractivity contribution < 1.29 is 0 Å². The second-order valence-corrected chi connectivity index (χ2v) is 4.76. The summed E-state index contributed by atoms with van der Waals surface area (Å²) in [5.41, 5.74) is 4.05. The third-order valence-corrected chi connectivity index (χ3v) is 3.18. The fraction of sp³-hybridized carbons (Fsp3) is 0.294. The minimum absolute atomic E-state index is 0.952. The van der Waals surface area contributed by atoms with Gasteiger partial charge >= 0.3 is 0 Å². The average Bonchev–Trinajstić information content (AvgIpc) is 2.41. The smallest absolute Gasteiger partial charge is 0.0426 e. The second-order valence-electron chi connectivity index (χ2n) is 4.76. The van der Waals surface area contributed by atoms with Crippen LogP contribution in [0.3, 0.4) is 0 Å². The Bertz CT molecular complexity index is 459. The normalized spacial score (nSPS) is 10.3. The van der Waals surface area contributed by atoms with Gasteiger partial charge in [0.15, 0.2) is 0 Å². The first kappa shape index (κ1) is 12.7. The van der Waals surface area contributed by atoms with E-state index in [4.69, 9.17) is 0 Å². The molecule has 0 fully saturated rings. The highest BCUT2D eigenvalue weighted by atomic mass is 15.1. The van der Waals surface area contributed by atoms with Crippen molar-refractivity contribution >= 4 is 5.69 Å². The standard InChI is InChI=1S/C17H21N/c1-3-7-15-10-12-17(13-11-15)18(2)14-16-8-5-4-6-9-16/h4-6,8-13H,3,7,14H2,1-2H3. The van der Waals surface area contributed by atoms with E-state index >= 15 is 0 Å². The van der Waals surface area contributed by atoms with Gasteiger partial charge in [0.2, 0.25) is 0 Å². The molecule has 2 rings (SSSR count). The molecule has 0 aliphatic heterocycles. The Morgan fingerprint density at radius 2 is 1.50 bits per heavy atom. The van der Waals surface area contributed by atoms with E-state index in [1.54, 1.807) is 0 Å². The van der Waals surface area contributed by atoms with Crippen LogP contribution in [0, 0.1) is 0 Å². The van der Waals surface area contributed by atoms with E-state index in [0.29, 0.717) is 0 Å². The molecular formula is C17H21N. The number of benzene rings is 2. The number of anilines is 1. The maximum absolute atomic E-state index is 2.28. The third kappa shape index (κ3) is 3.36. The van der Waals surface area contributed by atoms with Crippen LogP contribution in [0.2, 0.25) is 0 Å². The van der Waals surface area contributed by atoms with Gasteiger partial charge in [-0.1, -0.05) is 55.8 Å². The van der Waals surface area contributed by atoms with Gasteiger partial charge in [-0.05, 0) is 29.7 Å². The molecule has 0 amide bonds. The zero-order chi connectivity index (χ0) is 12.8. The van der Waals surface area contributed by atoms with Crippen molar-refractivity contribution in [3.05, 3.63) is 65.7 Å². The molecule has 0 unspecified atom stereocenters. The van der Waals surface area contributed by atoms with Crippen LogP contribution < -0.4 is 4.90 Å². The Morgan fingerprint density at radius 3 is 2.11 bits per heavy atom. The fourth-order valence-electron chi connectivity index (χ4n) is 2.15. The van der Waals surface area contributed by atoms with Gasteiger partial charge in [-0.15, -0.1) is 0 Å². The van der Waals surface area contributed by atoms with Gasteiger partial charge in [0, 0.05) is 19.3 Å². The monoisotopic (exact) mass is 239 g/mol. The van der Waals surface area contributed by atoms with Crippen molar-refractivity contribution in [1.29, 1.82) is 0 Å². The van der Waals surface area contributed by atoms with Crippen LogP contribution in [0.5, 0.6) is 0 Å². The quantitative estimate of drug-likeness (QED) is 0.753. The summed E-state index contributed by atoms with van der Waals surface area (Å²) >= 11 is 0. The molecule has 0 spiro atoms. The molecule has 94 valence electrons. The number of aryl methyl sites for hydroxylation is 1. The summed E-state index contributed by atoms with van der Waals surface area (Å²) < 4.78 is 0. The minimum Gasteiger partial charge on any atom is -0.370 e. The summed E-state index contributed by atoms with van der Waals surface area (Å²) in [6.07, 6.45) is 2.38. The summed E-state index contributed by atoms with van der Waals surface area (Å²) in [6, 6.07) is 19.5. The van der Waals surface area contributed by atoms with E-state index in [0.717, 1.165) is 6.54 Å². The highest BCUT2D eigenvalue weighted by Crippen LogP contribution is 2.17. The molecule has 1 nitrogen and oxygen atoms in total. The van der Waals surface area contributed by atoms with Crippen molar-refractivity contribution in [2.24, 2.45) is 0 Å². The van der Waals surface area contributed by atoms with E-state index in [1.807, 2.05) is 0 Å². The zero-order valence-corrected chi connectivity index (χ0v) is 11.3. The van der Waals surface area contributed by atoms with Gasteiger partial charge < -0.3 is 4.90 Å². The topological polar surface area (TPSA) is 3.24 Å². The van der Waals surface area contributed by atoms with Crippen LogP contribution in [0.15, 0.2) is 54.6 Å². The van der Waals surface area contributed by atoms with Crippen LogP contribution in [0.4, 0.5) is 5.69 Å². The summed E-state index contributed by atoms with van der Waals surface area (Å²) in [7, 11) is 2.14. The number of rotatable bonds is 5. The van der Waals surface area contributed by atoms with Crippen LogP contribution in [0.1, 0.15) is 24.5 Å². The molecule has 0 heterocycles. The van der Waals surface area contributed by atoms with Gasteiger partial charge in [0.1, 0.15) is 0 Å². The van der Waals surface area contributed by atoms with Crippen molar-refractivity contribution in [2.45, 2.75) is 26.3 Å². The maximum Gasteiger partial charge on any atom is 0.0426 e. The summed E-state index contributed by atoms with van der Waals surface area (Å²) in [4.78, 5) is 2.28. The molecule has 0 aliphatic rings. The van der Waals surface area contributed by atoms with Gasteiger partial charge in [-0.3, -0.25) is 0 Å². The van der Waals surface area contributed by atoms with Crippen molar-refractivity contribution in [3.8, 4) is 0 Å². The summed E-state index contributed by atoms with van der Waals surface area (Å²) in [6.45, 7) is 3.17. The van der Waals surface area contributed by atoms with Gasteiger partial charge in [0.05, 0.1) is 0 Å². The molecule has 0 bridgehead atoms. The number of hydrogen-bond donors (Lipinski definition) is 0. The molecule has 0 atom stereocenters. The highest BCUT2D eigenvalue weighted by Gasteiger charge is 2.01. The Labute approximate surface area is 110 Å². The van der Waals surface area contributed by atoms with Crippen LogP contribution in [0.25, 0.3) is 0 Å². The highest BCUT2D eigenvalue weighted by molar-refractivity contribution is 5.47. The molecule has 0 radical (unpaired) electrons. The van der Waals surface area contributed by atoms with Crippen molar-refractivity contribution in [2.75, 3.05) is 11.9 Å². The number of hydrogen-bond acceptors (Lipinski definition) is 1. The predicted octanol–water partition coefficient (Wildman–Crippen LogP) is 4.28. The molecule has 0 aliphatic carbocycles. The minimum atomic E-state index is 0.952. The largest absolute Gasteiger partial charge is 0.370 e. The van der Waals surface area contributed by atoms with Crippen LogP contribution >= 0.6 is 0 Å². The fourth-order valence-corrected chi connectivity index (χ4v) is 2.15. The third-order valence-electron chi connectivity index (χ3n) is 3.18. The maximum atomic E-state index is 2.28. The lowest BCUT2D eigenvalue weighted by Crippen LogP contribution is -2.16. The molecule has 0 saturated carbocycles. The summed E-state index contributed by atoms with van der Waals surface area (Å²) in [5, 5.41) is 0. The summed E-state index contributed by atoms with van der Waals surface area (Å²) in [5.74, 6) is 0. The molecule has 1 heteroatoms. The Balaban J connectivity index is 2.02. The van der Waals surface area contributed by atoms with Crippen LogP contribution in [-0.2, 0) is 13.0 Å². The van der Waals surface area contributed by atoms with E-state index in [-0.39, 0.29) is 0 Å². The lowest BCUT2D eigenvalue weighted by atomic mass is 10.1. The number of nitrogens with zero attached hydrogens (tertiary/aromatic N) is 1. The Hall–Kier alpha value is -1.76. The van der Waals surface area contributed by atoms with E-state index in [1.165, 1.54) is 29.7 Å². The van der Waals surface area contributed by atoms with Crippen molar-refractivity contribution in [1.82, 2.24) is 0 Å². The first-order chi connectivity index (χ1) is 8.79. The Kier molecular flexibility index (Phi) is 4.40. The van der Waals surface area contributed by atoms with Gasteiger partial charge in [-0.2, -0.15) is 0 Å². The Morgan fingerprint density at radius 1 is 0.833 bits per heavy atom. The predicted molar refractivity (Wildman–Crippen MR) is 79.0 cm³/mol. The first-order valence-electron chi connectivity index (χ1n) is 6.63. The molecule has 0 saturated heterocycles. The van der Waals surface area contributed by atoms with Gasteiger partial charge in [0.25, 0.3) is 0 Å². The molecular weight excluding hydrogens is 218 g/mol. The zero-order valence-electron chi connectivity index (χ0n) is 11.3. The molecule has 0 N–H and O–H groups in total. The van der Waals surface area contributed by atoms with E-state index < -0.39 is 0 Å². The molecule has 2 aromatic rings. The van der Waals surface area contributed by atoms with Gasteiger partial charge in [-0.25, -0.2) is 0 Å². The van der Waals surface area contributed by atoms with Crippen LogP contribution in [-0.4, -0.2) is 7.05 Å². The molecule has 0 aromatic heterocycles. The second kappa shape index (κ2) is 6.25. The first-order valence-corrected chi connectivity index (χ1v) is 6.63.